The van der Waals surface area contributed by atoms with Crippen LogP contribution in [0.2, 0.25) is 0 Å². The van der Waals surface area contributed by atoms with Gasteiger partial charge in [-0.3, -0.25) is 4.79 Å². The number of fused-ring (bicyclic) bond motifs is 1. The van der Waals surface area contributed by atoms with Gasteiger partial charge in [0.15, 0.2) is 6.10 Å². The molecule has 0 saturated heterocycles. The fourth-order valence-electron chi connectivity index (χ4n) is 2.45. The molecular weight excluding hydrogens is 366 g/mol. The number of carbonyl (C=O) groups excluding carboxylic acids is 1. The van der Waals surface area contributed by atoms with Crippen molar-refractivity contribution in [2.45, 2.75) is 19.6 Å². The summed E-state index contributed by atoms with van der Waals surface area (Å²) in [5.74, 6) is 0.539. The first-order chi connectivity index (χ1) is 11.6. The van der Waals surface area contributed by atoms with Crippen molar-refractivity contribution in [2.24, 2.45) is 0 Å². The average molecular weight is 384 g/mol. The molecule has 0 aromatic heterocycles. The largest absolute Gasteiger partial charge is 0.481 e. The summed E-state index contributed by atoms with van der Waals surface area (Å²) in [5, 5.41) is 5.29. The molecule has 3 aromatic rings. The Kier molecular flexibility index (Phi) is 5.16. The predicted octanol–water partition coefficient (Wildman–Crippen LogP) is 4.69. The zero-order chi connectivity index (χ0) is 16.9. The van der Waals surface area contributed by atoms with E-state index in [0.29, 0.717) is 12.3 Å². The van der Waals surface area contributed by atoms with Crippen LogP contribution in [-0.4, -0.2) is 12.0 Å². The van der Waals surface area contributed by atoms with Crippen molar-refractivity contribution in [1.82, 2.24) is 5.32 Å². The maximum absolute atomic E-state index is 12.2. The highest BCUT2D eigenvalue weighted by atomic mass is 79.9. The normalized spacial score (nSPS) is 11.9. The summed E-state index contributed by atoms with van der Waals surface area (Å²) in [6.45, 7) is 2.23. The summed E-state index contributed by atoms with van der Waals surface area (Å²) < 4.78 is 6.63. The van der Waals surface area contributed by atoms with Crippen LogP contribution in [0.25, 0.3) is 10.8 Å². The highest BCUT2D eigenvalue weighted by Crippen LogP contribution is 2.18. The molecule has 0 unspecified atom stereocenters. The molecule has 24 heavy (non-hydrogen) atoms. The Bertz CT molecular complexity index is 846. The Hall–Kier alpha value is -2.33. The summed E-state index contributed by atoms with van der Waals surface area (Å²) >= 11 is 3.37. The summed E-state index contributed by atoms with van der Waals surface area (Å²) in [4.78, 5) is 12.2. The van der Waals surface area contributed by atoms with Crippen LogP contribution in [-0.2, 0) is 11.3 Å². The Labute approximate surface area is 149 Å². The van der Waals surface area contributed by atoms with Gasteiger partial charge in [0.2, 0.25) is 0 Å². The number of amides is 1. The van der Waals surface area contributed by atoms with Crippen LogP contribution in [0.4, 0.5) is 0 Å². The number of halogens is 1. The van der Waals surface area contributed by atoms with E-state index in [0.717, 1.165) is 10.0 Å². The zero-order valence-electron chi connectivity index (χ0n) is 13.3. The smallest absolute Gasteiger partial charge is 0.261 e. The number of ether oxygens (including phenoxy) is 1. The number of benzene rings is 3. The minimum Gasteiger partial charge on any atom is -0.481 e. The highest BCUT2D eigenvalue weighted by molar-refractivity contribution is 9.10. The van der Waals surface area contributed by atoms with Crippen molar-refractivity contribution >= 4 is 32.6 Å². The van der Waals surface area contributed by atoms with Crippen LogP contribution in [0, 0.1) is 0 Å². The van der Waals surface area contributed by atoms with E-state index in [1.165, 1.54) is 10.8 Å². The lowest BCUT2D eigenvalue weighted by atomic mass is 10.1. The molecule has 3 aromatic carbocycles. The molecule has 0 saturated carbocycles. The van der Waals surface area contributed by atoms with Crippen molar-refractivity contribution in [1.29, 1.82) is 0 Å². The molecule has 0 aliphatic rings. The molecule has 122 valence electrons. The number of hydrogen-bond donors (Lipinski definition) is 1. The van der Waals surface area contributed by atoms with Crippen molar-refractivity contribution in [3.05, 3.63) is 76.8 Å². The van der Waals surface area contributed by atoms with Gasteiger partial charge >= 0.3 is 0 Å². The van der Waals surface area contributed by atoms with Crippen molar-refractivity contribution in [2.75, 3.05) is 0 Å². The topological polar surface area (TPSA) is 38.3 Å². The van der Waals surface area contributed by atoms with E-state index in [1.807, 2.05) is 42.5 Å². The molecule has 3 rings (SSSR count). The van der Waals surface area contributed by atoms with Crippen LogP contribution in [0.5, 0.6) is 5.75 Å². The van der Waals surface area contributed by atoms with Gasteiger partial charge in [0.25, 0.3) is 5.91 Å². The van der Waals surface area contributed by atoms with E-state index in [-0.39, 0.29) is 5.91 Å². The first-order valence-corrected chi connectivity index (χ1v) is 8.59. The first-order valence-electron chi connectivity index (χ1n) is 7.79. The molecule has 1 N–H and O–H groups in total. The number of hydrogen-bond acceptors (Lipinski definition) is 2. The van der Waals surface area contributed by atoms with Crippen LogP contribution in [0.1, 0.15) is 12.5 Å². The Balaban J connectivity index is 1.58. The molecular formula is C20H18BrNO2. The summed E-state index contributed by atoms with van der Waals surface area (Å²) in [5.41, 5.74) is 1.07. The van der Waals surface area contributed by atoms with Gasteiger partial charge in [-0.05, 0) is 53.6 Å². The lowest BCUT2D eigenvalue weighted by molar-refractivity contribution is -0.127. The third-order valence-corrected chi connectivity index (χ3v) is 4.31. The van der Waals surface area contributed by atoms with Crippen molar-refractivity contribution in [3.8, 4) is 5.75 Å². The van der Waals surface area contributed by atoms with Gasteiger partial charge in [-0.2, -0.15) is 0 Å². The SMILES string of the molecule is C[C@H](Oc1ccc(Br)cc1)C(=O)NCc1ccc2ccccc2c1. The van der Waals surface area contributed by atoms with Crippen LogP contribution >= 0.6 is 15.9 Å². The maximum Gasteiger partial charge on any atom is 0.261 e. The standard InChI is InChI=1S/C20H18BrNO2/c1-14(24-19-10-8-18(21)9-11-19)20(23)22-13-15-6-7-16-4-2-3-5-17(16)12-15/h2-12,14H,13H2,1H3,(H,22,23)/t14-/m0/s1. The molecule has 0 aliphatic carbocycles. The molecule has 1 atom stereocenters. The van der Waals surface area contributed by atoms with E-state index in [2.05, 4.69) is 45.5 Å². The van der Waals surface area contributed by atoms with Gasteiger partial charge in [-0.15, -0.1) is 0 Å². The third-order valence-electron chi connectivity index (χ3n) is 3.78. The molecule has 0 radical (unpaired) electrons. The van der Waals surface area contributed by atoms with E-state index in [1.54, 1.807) is 6.92 Å². The quantitative estimate of drug-likeness (QED) is 0.693. The Morgan fingerprint density at radius 1 is 1.04 bits per heavy atom. The predicted molar refractivity (Wildman–Crippen MR) is 100 cm³/mol. The molecule has 0 aliphatic heterocycles. The van der Waals surface area contributed by atoms with Crippen molar-refractivity contribution < 1.29 is 9.53 Å². The lowest BCUT2D eigenvalue weighted by Gasteiger charge is -2.15. The number of carbonyl (C=O) groups is 1. The van der Waals surface area contributed by atoms with Crippen LogP contribution < -0.4 is 10.1 Å². The second kappa shape index (κ2) is 7.49. The second-order valence-corrected chi connectivity index (χ2v) is 6.53. The number of nitrogens with one attached hydrogen (secondary N) is 1. The van der Waals surface area contributed by atoms with E-state index in [4.69, 9.17) is 4.74 Å². The maximum atomic E-state index is 12.2. The van der Waals surface area contributed by atoms with Gasteiger partial charge in [-0.1, -0.05) is 52.3 Å². The molecule has 0 heterocycles. The molecule has 4 heteroatoms. The second-order valence-electron chi connectivity index (χ2n) is 5.61. The minimum absolute atomic E-state index is 0.133. The van der Waals surface area contributed by atoms with Crippen molar-refractivity contribution in [3.63, 3.8) is 0 Å². The zero-order valence-corrected chi connectivity index (χ0v) is 14.9. The first kappa shape index (κ1) is 16.5. The van der Waals surface area contributed by atoms with Crippen LogP contribution in [0.15, 0.2) is 71.2 Å². The molecule has 3 nitrogen and oxygen atoms in total. The lowest BCUT2D eigenvalue weighted by Crippen LogP contribution is -2.35. The summed E-state index contributed by atoms with van der Waals surface area (Å²) in [6.07, 6.45) is -0.549. The summed E-state index contributed by atoms with van der Waals surface area (Å²) in [6, 6.07) is 21.8. The van der Waals surface area contributed by atoms with E-state index >= 15 is 0 Å². The molecule has 0 fully saturated rings. The van der Waals surface area contributed by atoms with Gasteiger partial charge in [0.1, 0.15) is 5.75 Å². The van der Waals surface area contributed by atoms with Gasteiger partial charge in [-0.25, -0.2) is 0 Å². The minimum atomic E-state index is -0.549. The summed E-state index contributed by atoms with van der Waals surface area (Å²) in [7, 11) is 0. The van der Waals surface area contributed by atoms with Gasteiger partial charge in [0, 0.05) is 11.0 Å². The Morgan fingerprint density at radius 2 is 1.75 bits per heavy atom. The van der Waals surface area contributed by atoms with Crippen LogP contribution in [0.3, 0.4) is 0 Å². The number of rotatable bonds is 5. The molecule has 0 bridgehead atoms. The average Bonchev–Trinajstić information content (AvgIpc) is 2.61. The van der Waals surface area contributed by atoms with Gasteiger partial charge < -0.3 is 10.1 Å². The highest BCUT2D eigenvalue weighted by Gasteiger charge is 2.14. The van der Waals surface area contributed by atoms with E-state index in [9.17, 15) is 4.79 Å². The molecule has 0 spiro atoms. The third kappa shape index (κ3) is 4.15. The monoisotopic (exact) mass is 383 g/mol. The fourth-order valence-corrected chi connectivity index (χ4v) is 2.72. The molecule has 1 amide bonds. The van der Waals surface area contributed by atoms with Gasteiger partial charge in [0.05, 0.1) is 0 Å². The fraction of sp³-hybridized carbons (Fsp3) is 0.150. The Morgan fingerprint density at radius 3 is 2.50 bits per heavy atom. The van der Waals surface area contributed by atoms with E-state index < -0.39 is 6.10 Å².